The maximum atomic E-state index is 15.6. The molecule has 0 spiro atoms. The lowest BCUT2D eigenvalue weighted by molar-refractivity contribution is -0.142. The molecule has 318 valence electrons. The molecule has 1 amide bonds. The fraction of sp³-hybridized carbons (Fsp3) is 0.350. The molecule has 0 radical (unpaired) electrons. The van der Waals surface area contributed by atoms with Crippen LogP contribution in [0.2, 0.25) is 5.02 Å². The molecule has 21 heteroatoms. The average molecular weight is 890 g/mol. The van der Waals surface area contributed by atoms with Crippen LogP contribution in [0.1, 0.15) is 58.7 Å². The van der Waals surface area contributed by atoms with E-state index in [-0.39, 0.29) is 75.0 Å². The number of fused-ring (bicyclic) bond motifs is 4. The summed E-state index contributed by atoms with van der Waals surface area (Å²) in [5.74, 6) is -0.110. The van der Waals surface area contributed by atoms with Crippen LogP contribution in [-0.4, -0.2) is 69.0 Å². The van der Waals surface area contributed by atoms with Crippen LogP contribution in [0.5, 0.6) is 0 Å². The molecule has 3 N–H and O–H groups in total. The molecule has 3 aliphatic rings. The molecule has 2 aromatic carbocycles. The van der Waals surface area contributed by atoms with Crippen LogP contribution >= 0.6 is 11.6 Å². The number of rotatable bonds is 9. The van der Waals surface area contributed by atoms with Crippen LogP contribution in [0.25, 0.3) is 22.0 Å². The van der Waals surface area contributed by atoms with E-state index >= 15 is 8.78 Å². The van der Waals surface area contributed by atoms with Gasteiger partial charge in [0, 0.05) is 42.6 Å². The smallest absolute Gasteiger partial charge is 0.381 e. The van der Waals surface area contributed by atoms with Gasteiger partial charge in [0.15, 0.2) is 11.5 Å². The van der Waals surface area contributed by atoms with Crippen LogP contribution in [0.15, 0.2) is 42.5 Å². The standard InChI is InChI=1S/C40H31ClF7N7O5S/c1-54-34-25(6-8-28(41)32(34)37(52-54)53-61(2,58)59)24-4-3-23(9-10-38(57)11-13-60-14-12-38)49-33(24)29(17-20-15-21(42)18-22(43)16-20)50-30(56)19-55-36-31(35(51-55)40(46,47)48)26-5-7-27(26)39(36,44)45/h3-4,6,8,15-16,18,26-27,29,57H,11-14,17,19H2,1-2H3,(H,50,56)(H,52,53)/t26-,27+,29-/m0/s1. The Labute approximate surface area is 347 Å². The number of hydrogen-bond acceptors (Lipinski definition) is 8. The van der Waals surface area contributed by atoms with Crippen molar-refractivity contribution < 1.29 is 53.8 Å². The Morgan fingerprint density at radius 2 is 1.77 bits per heavy atom. The number of anilines is 1. The molecule has 12 nitrogen and oxygen atoms in total. The van der Waals surface area contributed by atoms with Crippen molar-refractivity contribution in [1.82, 2.24) is 29.9 Å². The number of nitrogens with zero attached hydrogens (tertiary/aromatic N) is 5. The number of aromatic nitrogens is 5. The summed E-state index contributed by atoms with van der Waals surface area (Å²) < 4.78 is 137. The van der Waals surface area contributed by atoms with E-state index in [1.165, 1.54) is 36.0 Å². The first-order chi connectivity index (χ1) is 28.6. The number of aliphatic hydroxyl groups is 1. The largest absolute Gasteiger partial charge is 0.435 e. The summed E-state index contributed by atoms with van der Waals surface area (Å²) in [5.41, 5.74) is -4.27. The number of carbonyl (C=O) groups excluding carboxylic acids is 1. The molecule has 1 aliphatic heterocycles. The minimum atomic E-state index is -5.16. The van der Waals surface area contributed by atoms with Gasteiger partial charge in [-0.3, -0.25) is 18.9 Å². The Balaban J connectivity index is 1.28. The topological polar surface area (TPSA) is 153 Å². The second-order valence-electron chi connectivity index (χ2n) is 14.9. The predicted octanol–water partition coefficient (Wildman–Crippen LogP) is 5.97. The lowest BCUT2D eigenvalue weighted by Crippen LogP contribution is -2.36. The molecule has 4 heterocycles. The van der Waals surface area contributed by atoms with Gasteiger partial charge in [-0.05, 0) is 48.2 Å². The molecule has 5 aromatic rings. The van der Waals surface area contributed by atoms with Gasteiger partial charge in [-0.25, -0.2) is 22.2 Å². The SMILES string of the molecule is Cn1nc(NS(C)(=O)=O)c2c(Cl)ccc(-c3ccc(C#CC4(O)CCOCC4)nc3[C@H](Cc3cc(F)cc(F)c3)NC(=O)Cn3nc(C(F)(F)F)c4c3C(F)(F)[C@@H]3C#C[C@H]43)c21. The first-order valence-electron chi connectivity index (χ1n) is 18.4. The van der Waals surface area contributed by atoms with Gasteiger partial charge in [-0.2, -0.15) is 32.1 Å². The van der Waals surface area contributed by atoms with Gasteiger partial charge in [-0.1, -0.05) is 35.4 Å². The Morgan fingerprint density at radius 3 is 2.41 bits per heavy atom. The second kappa shape index (κ2) is 15.0. The summed E-state index contributed by atoms with van der Waals surface area (Å²) in [5, 5.41) is 21.7. The van der Waals surface area contributed by atoms with E-state index in [1.807, 2.05) is 0 Å². The van der Waals surface area contributed by atoms with Crippen molar-refractivity contribution in [2.75, 3.05) is 24.2 Å². The zero-order valence-corrected chi connectivity index (χ0v) is 33.3. The number of aryl methyl sites for hydroxylation is 1. The highest BCUT2D eigenvalue weighted by molar-refractivity contribution is 7.92. The van der Waals surface area contributed by atoms with E-state index < -0.39 is 93.1 Å². The average Bonchev–Trinajstić information content (AvgIpc) is 3.71. The lowest BCUT2D eigenvalue weighted by Gasteiger charge is -2.26. The molecule has 0 saturated carbocycles. The maximum absolute atomic E-state index is 15.6. The number of pyridine rings is 1. The Hall–Kier alpha value is -5.67. The van der Waals surface area contributed by atoms with E-state index in [4.69, 9.17) is 21.3 Å². The monoisotopic (exact) mass is 889 g/mol. The van der Waals surface area contributed by atoms with Crippen LogP contribution in [0.3, 0.4) is 0 Å². The van der Waals surface area contributed by atoms with Crippen molar-refractivity contribution in [1.29, 1.82) is 0 Å². The first kappa shape index (κ1) is 42.0. The third-order valence-electron chi connectivity index (χ3n) is 10.5. The van der Waals surface area contributed by atoms with Crippen LogP contribution in [0, 0.1) is 41.2 Å². The molecule has 0 bridgehead atoms. The highest BCUT2D eigenvalue weighted by Crippen LogP contribution is 2.58. The quantitative estimate of drug-likeness (QED) is 0.121. The second-order valence-corrected chi connectivity index (χ2v) is 17.1. The summed E-state index contributed by atoms with van der Waals surface area (Å²) in [7, 11) is -2.37. The number of amides is 1. The van der Waals surface area contributed by atoms with Crippen molar-refractivity contribution in [3.8, 4) is 34.8 Å². The third kappa shape index (κ3) is 8.00. The summed E-state index contributed by atoms with van der Waals surface area (Å²) in [6.45, 7) is -0.684. The molecular formula is C40H31ClF7N7O5S. The highest BCUT2D eigenvalue weighted by Gasteiger charge is 2.62. The molecule has 1 saturated heterocycles. The minimum Gasteiger partial charge on any atom is -0.381 e. The van der Waals surface area contributed by atoms with Crippen molar-refractivity contribution in [3.63, 3.8) is 0 Å². The van der Waals surface area contributed by atoms with Crippen molar-refractivity contribution in [2.24, 2.45) is 13.0 Å². The maximum Gasteiger partial charge on any atom is 0.435 e. The van der Waals surface area contributed by atoms with Crippen molar-refractivity contribution >= 4 is 44.3 Å². The Morgan fingerprint density at radius 1 is 1.08 bits per heavy atom. The van der Waals surface area contributed by atoms with Crippen molar-refractivity contribution in [3.05, 3.63) is 93.0 Å². The highest BCUT2D eigenvalue weighted by atomic mass is 35.5. The van der Waals surface area contributed by atoms with Gasteiger partial charge < -0.3 is 15.2 Å². The first-order valence-corrected chi connectivity index (χ1v) is 20.7. The molecule has 1 fully saturated rings. The molecule has 61 heavy (non-hydrogen) atoms. The van der Waals surface area contributed by atoms with Crippen LogP contribution < -0.4 is 10.0 Å². The number of hydrogen-bond donors (Lipinski definition) is 3. The van der Waals surface area contributed by atoms with Gasteiger partial charge in [0.25, 0.3) is 0 Å². The Kier molecular flexibility index (Phi) is 10.4. The van der Waals surface area contributed by atoms with Gasteiger partial charge in [0.1, 0.15) is 41.1 Å². The fourth-order valence-electron chi connectivity index (χ4n) is 7.83. The summed E-state index contributed by atoms with van der Waals surface area (Å²) >= 11 is 6.59. The molecular weight excluding hydrogens is 859 g/mol. The fourth-order valence-corrected chi connectivity index (χ4v) is 8.57. The number of halogens is 8. The van der Waals surface area contributed by atoms with Gasteiger partial charge in [0.05, 0.1) is 53.0 Å². The normalized spacial score (nSPS) is 19.1. The molecule has 2 aliphatic carbocycles. The summed E-state index contributed by atoms with van der Waals surface area (Å²) in [4.78, 5) is 18.8. The van der Waals surface area contributed by atoms with E-state index in [0.717, 1.165) is 18.4 Å². The number of ether oxygens (including phenoxy) is 1. The van der Waals surface area contributed by atoms with Gasteiger partial charge in [0.2, 0.25) is 15.9 Å². The molecule has 3 aromatic heterocycles. The van der Waals surface area contributed by atoms with Gasteiger partial charge >= 0.3 is 12.1 Å². The zero-order chi connectivity index (χ0) is 43.8. The Bertz CT molecular complexity index is 2870. The van der Waals surface area contributed by atoms with E-state index in [2.05, 4.69) is 43.9 Å². The minimum absolute atomic E-state index is 0.0235. The van der Waals surface area contributed by atoms with E-state index in [9.17, 15) is 40.3 Å². The number of nitrogens with one attached hydrogen (secondary N) is 2. The van der Waals surface area contributed by atoms with E-state index in [1.54, 1.807) is 0 Å². The zero-order valence-electron chi connectivity index (χ0n) is 31.8. The lowest BCUT2D eigenvalue weighted by atomic mass is 9.84. The number of carbonyl (C=O) groups is 1. The van der Waals surface area contributed by atoms with E-state index in [0.29, 0.717) is 11.6 Å². The third-order valence-corrected chi connectivity index (χ3v) is 11.4. The van der Waals surface area contributed by atoms with Crippen molar-refractivity contribution in [2.45, 2.75) is 55.5 Å². The summed E-state index contributed by atoms with van der Waals surface area (Å²) in [6, 6.07) is 7.11. The number of sulfonamides is 1. The molecule has 3 atom stereocenters. The van der Waals surface area contributed by atoms with Crippen LogP contribution in [-0.2, 0) is 51.7 Å². The number of benzene rings is 2. The predicted molar refractivity (Wildman–Crippen MR) is 205 cm³/mol. The molecule has 0 unspecified atom stereocenters. The number of alkyl halides is 5. The van der Waals surface area contributed by atoms with Crippen LogP contribution in [0.4, 0.5) is 36.6 Å². The molecule has 8 rings (SSSR count). The van der Waals surface area contributed by atoms with Gasteiger partial charge in [-0.15, -0.1) is 0 Å². The summed E-state index contributed by atoms with van der Waals surface area (Å²) in [6.07, 6.45) is -4.32.